The van der Waals surface area contributed by atoms with Gasteiger partial charge in [0.25, 0.3) is 0 Å². The molecule has 0 aromatic heterocycles. The smallest absolute Gasteiger partial charge is 0.312 e. The number of aryl methyl sites for hydroxylation is 1. The summed E-state index contributed by atoms with van der Waals surface area (Å²) in [5, 5.41) is 5.88. The van der Waals surface area contributed by atoms with Crippen LogP contribution < -0.4 is 16.4 Å². The van der Waals surface area contributed by atoms with E-state index in [9.17, 15) is 14.4 Å². The van der Waals surface area contributed by atoms with Crippen molar-refractivity contribution in [3.63, 3.8) is 0 Å². The second-order valence-corrected chi connectivity index (χ2v) is 7.97. The maximum absolute atomic E-state index is 12.9. The molecule has 0 aliphatic heterocycles. The fraction of sp³-hybridized carbons (Fsp3) is 0.348. The van der Waals surface area contributed by atoms with Crippen molar-refractivity contribution >= 4 is 29.5 Å². The monoisotopic (exact) mass is 445 g/mol. The third-order valence-electron chi connectivity index (χ3n) is 4.50. The quantitative estimate of drug-likeness (QED) is 0.507. The first kappa shape index (κ1) is 24.2. The number of carbonyl (C=O) groups excluding carboxylic acids is 3. The molecule has 2 aromatic carbocycles. The summed E-state index contributed by atoms with van der Waals surface area (Å²) in [5.74, 6) is -0.826. The van der Waals surface area contributed by atoms with E-state index in [0.717, 1.165) is 11.1 Å². The Balaban J connectivity index is 2.21. The van der Waals surface area contributed by atoms with Crippen molar-refractivity contribution in [3.05, 3.63) is 70.2 Å². The fourth-order valence-corrected chi connectivity index (χ4v) is 3.49. The summed E-state index contributed by atoms with van der Waals surface area (Å²) in [6.45, 7) is 5.42. The van der Waals surface area contributed by atoms with E-state index in [0.29, 0.717) is 10.6 Å². The summed E-state index contributed by atoms with van der Waals surface area (Å²) < 4.78 is 5.23. The Kier molecular flexibility index (Phi) is 8.88. The lowest BCUT2D eigenvalue weighted by Crippen LogP contribution is -2.38. The fourth-order valence-electron chi connectivity index (χ4n) is 3.22. The van der Waals surface area contributed by atoms with Crippen molar-refractivity contribution in [2.45, 2.75) is 51.8 Å². The first-order valence-corrected chi connectivity index (χ1v) is 10.4. The molecule has 0 saturated carbocycles. The molecule has 7 nitrogen and oxygen atoms in total. The molecular formula is C23H28ClN3O4. The van der Waals surface area contributed by atoms with E-state index in [-0.39, 0.29) is 24.9 Å². The van der Waals surface area contributed by atoms with Crippen molar-refractivity contribution in [2.24, 2.45) is 5.73 Å². The van der Waals surface area contributed by atoms with E-state index < -0.39 is 24.1 Å². The van der Waals surface area contributed by atoms with Gasteiger partial charge in [0.1, 0.15) is 0 Å². The van der Waals surface area contributed by atoms with Gasteiger partial charge in [0, 0.05) is 5.02 Å². The normalized spacial score (nSPS) is 12.7. The number of ether oxygens (including phenoxy) is 1. The van der Waals surface area contributed by atoms with Crippen molar-refractivity contribution in [2.75, 3.05) is 0 Å². The predicted molar refractivity (Wildman–Crippen MR) is 119 cm³/mol. The van der Waals surface area contributed by atoms with Gasteiger partial charge in [-0.15, -0.1) is 0 Å². The molecule has 0 aliphatic carbocycles. The highest BCUT2D eigenvalue weighted by Crippen LogP contribution is 2.26. The topological polar surface area (TPSA) is 111 Å². The second-order valence-electron chi connectivity index (χ2n) is 7.56. The molecular weight excluding hydrogens is 418 g/mol. The van der Waals surface area contributed by atoms with E-state index in [2.05, 4.69) is 10.6 Å². The Morgan fingerprint density at radius 3 is 2.32 bits per heavy atom. The Morgan fingerprint density at radius 1 is 1.00 bits per heavy atom. The maximum Gasteiger partial charge on any atom is 0.312 e. The molecule has 0 spiro atoms. The van der Waals surface area contributed by atoms with Crippen LogP contribution in [-0.2, 0) is 14.3 Å². The maximum atomic E-state index is 12.9. The lowest BCUT2D eigenvalue weighted by Gasteiger charge is -2.23. The molecule has 0 unspecified atom stereocenters. The van der Waals surface area contributed by atoms with Gasteiger partial charge in [0.2, 0.25) is 5.91 Å². The number of rotatable bonds is 9. The lowest BCUT2D eigenvalue weighted by molar-refractivity contribution is -0.148. The first-order valence-electron chi connectivity index (χ1n) is 10.0. The molecule has 4 N–H and O–H groups in total. The van der Waals surface area contributed by atoms with Gasteiger partial charge in [-0.3, -0.25) is 9.59 Å². The summed E-state index contributed by atoms with van der Waals surface area (Å²) in [4.78, 5) is 36.6. The Labute approximate surface area is 187 Å². The molecule has 0 radical (unpaired) electrons. The number of amides is 3. The van der Waals surface area contributed by atoms with Crippen LogP contribution >= 0.6 is 11.6 Å². The largest absolute Gasteiger partial charge is 0.463 e. The number of nitrogens with two attached hydrogens (primary N) is 1. The van der Waals surface area contributed by atoms with Gasteiger partial charge in [0.15, 0.2) is 0 Å². The van der Waals surface area contributed by atoms with Crippen LogP contribution in [0.1, 0.15) is 55.5 Å². The molecule has 2 aromatic rings. The van der Waals surface area contributed by atoms with Gasteiger partial charge < -0.3 is 21.1 Å². The molecule has 0 bridgehead atoms. The Bertz CT molecular complexity index is 933. The summed E-state index contributed by atoms with van der Waals surface area (Å²) in [7, 11) is 0. The van der Waals surface area contributed by atoms with Crippen LogP contribution in [0.2, 0.25) is 5.02 Å². The Hall–Kier alpha value is -3.06. The Morgan fingerprint density at radius 2 is 1.71 bits per heavy atom. The average molecular weight is 446 g/mol. The number of carbonyl (C=O) groups is 3. The number of urea groups is 1. The van der Waals surface area contributed by atoms with E-state index in [1.54, 1.807) is 38.1 Å². The predicted octanol–water partition coefficient (Wildman–Crippen LogP) is 3.95. The lowest BCUT2D eigenvalue weighted by atomic mass is 10.00. The van der Waals surface area contributed by atoms with Crippen molar-refractivity contribution in [3.8, 4) is 0 Å². The highest BCUT2D eigenvalue weighted by molar-refractivity contribution is 6.31. The zero-order chi connectivity index (χ0) is 23.0. The molecule has 0 saturated heterocycles. The van der Waals surface area contributed by atoms with Crippen LogP contribution in [0.5, 0.6) is 0 Å². The molecule has 2 rings (SSSR count). The van der Waals surface area contributed by atoms with Crippen molar-refractivity contribution < 1.29 is 19.1 Å². The third-order valence-corrected chi connectivity index (χ3v) is 4.85. The second kappa shape index (κ2) is 11.4. The van der Waals surface area contributed by atoms with E-state index in [1.807, 2.05) is 31.2 Å². The average Bonchev–Trinajstić information content (AvgIpc) is 2.66. The molecule has 3 amide bonds. The first-order chi connectivity index (χ1) is 14.7. The van der Waals surface area contributed by atoms with Crippen LogP contribution in [0.15, 0.2) is 48.5 Å². The molecule has 0 heterocycles. The number of hydrogen-bond acceptors (Lipinski definition) is 4. The van der Waals surface area contributed by atoms with Crippen LogP contribution in [0.4, 0.5) is 4.79 Å². The standard InChI is InChI=1S/C23H28ClN3O4/c1-14(2)31-22(29)13-20(17-9-4-5-10-18(17)24)26-21(28)12-19(27-23(25)30)16-8-6-7-15(3)11-16/h4-11,14,19-20H,12-13H2,1-3H3,(H,26,28)(H3,25,27,30)/t19-,20-/m1/s1. The van der Waals surface area contributed by atoms with Gasteiger partial charge in [-0.1, -0.05) is 59.6 Å². The number of hydrogen-bond donors (Lipinski definition) is 3. The van der Waals surface area contributed by atoms with E-state index >= 15 is 0 Å². The minimum Gasteiger partial charge on any atom is -0.463 e. The minimum absolute atomic E-state index is 0.0629. The summed E-state index contributed by atoms with van der Waals surface area (Å²) in [5.41, 5.74) is 7.65. The van der Waals surface area contributed by atoms with Crippen molar-refractivity contribution in [1.82, 2.24) is 10.6 Å². The van der Waals surface area contributed by atoms with Gasteiger partial charge in [-0.2, -0.15) is 0 Å². The third kappa shape index (κ3) is 7.94. The van der Waals surface area contributed by atoms with Gasteiger partial charge in [0.05, 0.1) is 31.0 Å². The van der Waals surface area contributed by atoms with Crippen molar-refractivity contribution in [1.29, 1.82) is 0 Å². The van der Waals surface area contributed by atoms with Crippen LogP contribution in [0.3, 0.4) is 0 Å². The van der Waals surface area contributed by atoms with Gasteiger partial charge in [-0.25, -0.2) is 4.79 Å². The number of benzene rings is 2. The zero-order valence-corrected chi connectivity index (χ0v) is 18.6. The minimum atomic E-state index is -0.734. The van der Waals surface area contributed by atoms with Crippen LogP contribution in [0.25, 0.3) is 0 Å². The van der Waals surface area contributed by atoms with Crippen LogP contribution in [0, 0.1) is 6.92 Å². The van der Waals surface area contributed by atoms with E-state index in [4.69, 9.17) is 22.1 Å². The number of primary amides is 1. The molecule has 2 atom stereocenters. The van der Waals surface area contributed by atoms with Crippen LogP contribution in [-0.4, -0.2) is 24.0 Å². The SMILES string of the molecule is Cc1cccc([C@@H](CC(=O)N[C@H](CC(=O)OC(C)C)c2ccccc2Cl)NC(N)=O)c1. The van der Waals surface area contributed by atoms with Gasteiger partial charge >= 0.3 is 12.0 Å². The van der Waals surface area contributed by atoms with E-state index in [1.165, 1.54) is 0 Å². The summed E-state index contributed by atoms with van der Waals surface area (Å²) in [6, 6.07) is 12.4. The molecule has 31 heavy (non-hydrogen) atoms. The zero-order valence-electron chi connectivity index (χ0n) is 17.9. The summed E-state index contributed by atoms with van der Waals surface area (Å²) in [6.07, 6.45) is -0.418. The number of esters is 1. The summed E-state index contributed by atoms with van der Waals surface area (Å²) >= 11 is 6.30. The highest BCUT2D eigenvalue weighted by Gasteiger charge is 2.24. The molecule has 8 heteroatoms. The number of nitrogens with one attached hydrogen (secondary N) is 2. The molecule has 0 fully saturated rings. The number of halogens is 1. The molecule has 166 valence electrons. The molecule has 0 aliphatic rings. The van der Waals surface area contributed by atoms with Gasteiger partial charge in [-0.05, 0) is 38.0 Å². The highest BCUT2D eigenvalue weighted by atomic mass is 35.5.